The number of benzene rings is 2. The first-order valence-corrected chi connectivity index (χ1v) is 8.86. The van der Waals surface area contributed by atoms with E-state index in [1.54, 1.807) is 48.5 Å². The summed E-state index contributed by atoms with van der Waals surface area (Å²) in [4.78, 5) is 38.6. The molecule has 1 heterocycles. The molecule has 2 aromatic rings. The molecular weight excluding hydrogens is 362 g/mol. The van der Waals surface area contributed by atoms with Crippen LogP contribution in [0.4, 0.5) is 17.1 Å². The first kappa shape index (κ1) is 19.4. The quantitative estimate of drug-likeness (QED) is 0.655. The highest BCUT2D eigenvalue weighted by Crippen LogP contribution is 2.29. The molecule has 0 saturated carbocycles. The van der Waals surface area contributed by atoms with E-state index in [9.17, 15) is 14.4 Å². The normalized spacial score (nSPS) is 13.9. The molecule has 1 unspecified atom stereocenters. The van der Waals surface area contributed by atoms with Crippen molar-refractivity contribution in [2.24, 2.45) is 0 Å². The smallest absolute Gasteiger partial charge is 0.341 e. The van der Waals surface area contributed by atoms with E-state index in [2.05, 4.69) is 10.6 Å². The van der Waals surface area contributed by atoms with Crippen LogP contribution in [0, 0.1) is 0 Å². The number of hydrogen-bond acceptors (Lipinski definition) is 6. The van der Waals surface area contributed by atoms with Crippen molar-refractivity contribution in [3.8, 4) is 0 Å². The number of fused-ring (bicyclic) bond motifs is 1. The van der Waals surface area contributed by atoms with Crippen LogP contribution < -0.4 is 15.5 Å². The minimum absolute atomic E-state index is 0.0886. The lowest BCUT2D eigenvalue weighted by molar-refractivity contribution is -0.128. The van der Waals surface area contributed by atoms with Gasteiger partial charge < -0.3 is 20.5 Å². The summed E-state index contributed by atoms with van der Waals surface area (Å²) in [7, 11) is 0. The number of hydrogen-bond donors (Lipinski definition) is 3. The third kappa shape index (κ3) is 4.12. The number of aliphatic hydroxyl groups is 1. The summed E-state index contributed by atoms with van der Waals surface area (Å²) in [5.41, 5.74) is 1.85. The molecule has 0 aromatic heterocycles. The van der Waals surface area contributed by atoms with Gasteiger partial charge in [-0.3, -0.25) is 14.5 Å². The Kier molecular flexibility index (Phi) is 5.90. The minimum atomic E-state index is -1.09. The zero-order valence-electron chi connectivity index (χ0n) is 15.3. The SMILES string of the molecule is CC(OC(=O)c1ccccc1NCCO)C(=O)N1CC(=O)Nc2ccccc21. The first-order valence-electron chi connectivity index (χ1n) is 8.86. The molecule has 1 aliphatic rings. The second-order valence-electron chi connectivity index (χ2n) is 6.23. The van der Waals surface area contributed by atoms with Crippen molar-refractivity contribution >= 4 is 34.8 Å². The van der Waals surface area contributed by atoms with E-state index >= 15 is 0 Å². The van der Waals surface area contributed by atoms with Crippen LogP contribution in [0.25, 0.3) is 0 Å². The summed E-state index contributed by atoms with van der Waals surface area (Å²) >= 11 is 0. The van der Waals surface area contributed by atoms with Gasteiger partial charge in [-0.1, -0.05) is 24.3 Å². The highest BCUT2D eigenvalue weighted by molar-refractivity contribution is 6.11. The maximum Gasteiger partial charge on any atom is 0.341 e. The van der Waals surface area contributed by atoms with E-state index in [0.29, 0.717) is 17.1 Å². The number of rotatable bonds is 6. The first-order chi connectivity index (χ1) is 13.5. The summed E-state index contributed by atoms with van der Waals surface area (Å²) in [6.07, 6.45) is -1.09. The number of amides is 2. The van der Waals surface area contributed by atoms with Crippen molar-refractivity contribution in [3.05, 3.63) is 54.1 Å². The number of anilines is 3. The molecule has 1 atom stereocenters. The van der Waals surface area contributed by atoms with Crippen molar-refractivity contribution in [1.82, 2.24) is 0 Å². The topological polar surface area (TPSA) is 108 Å². The highest BCUT2D eigenvalue weighted by Gasteiger charge is 2.31. The molecule has 2 aromatic carbocycles. The van der Waals surface area contributed by atoms with Gasteiger partial charge in [0.15, 0.2) is 6.10 Å². The van der Waals surface area contributed by atoms with Gasteiger partial charge in [0.2, 0.25) is 5.91 Å². The Morgan fingerprint density at radius 3 is 2.71 bits per heavy atom. The number of aliphatic hydroxyl groups excluding tert-OH is 1. The zero-order valence-corrected chi connectivity index (χ0v) is 15.3. The van der Waals surface area contributed by atoms with Crippen LogP contribution in [0.1, 0.15) is 17.3 Å². The molecule has 0 bridgehead atoms. The van der Waals surface area contributed by atoms with Gasteiger partial charge in [0.05, 0.1) is 23.5 Å². The number of para-hydroxylation sites is 3. The maximum atomic E-state index is 12.9. The second kappa shape index (κ2) is 8.53. The van der Waals surface area contributed by atoms with E-state index < -0.39 is 18.0 Å². The summed E-state index contributed by atoms with van der Waals surface area (Å²) in [5.74, 6) is -1.47. The van der Waals surface area contributed by atoms with Crippen LogP contribution in [-0.4, -0.2) is 48.7 Å². The van der Waals surface area contributed by atoms with Crippen molar-refractivity contribution in [2.45, 2.75) is 13.0 Å². The summed E-state index contributed by atoms with van der Waals surface area (Å²) < 4.78 is 5.36. The van der Waals surface area contributed by atoms with E-state index in [1.807, 2.05) is 0 Å². The molecule has 28 heavy (non-hydrogen) atoms. The van der Waals surface area contributed by atoms with Crippen LogP contribution in [0.2, 0.25) is 0 Å². The third-order valence-electron chi connectivity index (χ3n) is 4.24. The van der Waals surface area contributed by atoms with E-state index in [-0.39, 0.29) is 31.2 Å². The Bertz CT molecular complexity index is 899. The predicted molar refractivity (Wildman–Crippen MR) is 104 cm³/mol. The van der Waals surface area contributed by atoms with E-state index in [1.165, 1.54) is 11.8 Å². The van der Waals surface area contributed by atoms with Gasteiger partial charge >= 0.3 is 5.97 Å². The molecule has 1 aliphatic heterocycles. The van der Waals surface area contributed by atoms with Crippen molar-refractivity contribution < 1.29 is 24.2 Å². The van der Waals surface area contributed by atoms with Crippen molar-refractivity contribution in [3.63, 3.8) is 0 Å². The molecule has 2 amide bonds. The molecule has 3 rings (SSSR count). The molecule has 0 spiro atoms. The molecule has 3 N–H and O–H groups in total. The highest BCUT2D eigenvalue weighted by atomic mass is 16.5. The van der Waals surface area contributed by atoms with Gasteiger partial charge in [-0.05, 0) is 31.2 Å². The molecule has 0 aliphatic carbocycles. The van der Waals surface area contributed by atoms with Crippen LogP contribution in [0.15, 0.2) is 48.5 Å². The van der Waals surface area contributed by atoms with Gasteiger partial charge in [0.25, 0.3) is 5.91 Å². The van der Waals surface area contributed by atoms with E-state index in [4.69, 9.17) is 9.84 Å². The number of nitrogens with one attached hydrogen (secondary N) is 2. The lowest BCUT2D eigenvalue weighted by Crippen LogP contribution is -2.47. The summed E-state index contributed by atoms with van der Waals surface area (Å²) in [6.45, 7) is 1.51. The Hall–Kier alpha value is -3.39. The summed E-state index contributed by atoms with van der Waals surface area (Å²) in [6, 6.07) is 13.6. The Labute approximate surface area is 162 Å². The standard InChI is InChI=1S/C20H21N3O5/c1-13(28-20(27)14-6-2-3-7-15(14)21-10-11-24)19(26)23-12-18(25)22-16-8-4-5-9-17(16)23/h2-9,13,21,24H,10-12H2,1H3,(H,22,25). The van der Waals surface area contributed by atoms with Crippen LogP contribution in [0.3, 0.4) is 0 Å². The molecule has 0 fully saturated rings. The molecule has 8 nitrogen and oxygen atoms in total. The minimum Gasteiger partial charge on any atom is -0.449 e. The monoisotopic (exact) mass is 383 g/mol. The number of ether oxygens (including phenoxy) is 1. The second-order valence-corrected chi connectivity index (χ2v) is 6.23. The Morgan fingerprint density at radius 1 is 1.21 bits per heavy atom. The Morgan fingerprint density at radius 2 is 1.93 bits per heavy atom. The lowest BCUT2D eigenvalue weighted by atomic mass is 10.1. The van der Waals surface area contributed by atoms with Gasteiger partial charge in [-0.15, -0.1) is 0 Å². The Balaban J connectivity index is 1.75. The van der Waals surface area contributed by atoms with Gasteiger partial charge in [0.1, 0.15) is 6.54 Å². The summed E-state index contributed by atoms with van der Waals surface area (Å²) in [5, 5.41) is 14.6. The predicted octanol–water partition coefficient (Wildman–Crippen LogP) is 1.62. The molecule has 0 saturated heterocycles. The maximum absolute atomic E-state index is 12.9. The molecule has 0 radical (unpaired) electrons. The van der Waals surface area contributed by atoms with Crippen molar-refractivity contribution in [1.29, 1.82) is 0 Å². The van der Waals surface area contributed by atoms with Crippen LogP contribution >= 0.6 is 0 Å². The van der Waals surface area contributed by atoms with Crippen LogP contribution in [0.5, 0.6) is 0 Å². The zero-order chi connectivity index (χ0) is 20.1. The average Bonchev–Trinajstić information content (AvgIpc) is 2.71. The third-order valence-corrected chi connectivity index (χ3v) is 4.24. The number of carbonyl (C=O) groups excluding carboxylic acids is 3. The van der Waals surface area contributed by atoms with Gasteiger partial charge in [0, 0.05) is 12.2 Å². The van der Waals surface area contributed by atoms with Gasteiger partial charge in [-0.25, -0.2) is 4.79 Å². The molecular formula is C20H21N3O5. The number of esters is 1. The number of carbonyl (C=O) groups is 3. The van der Waals surface area contributed by atoms with E-state index in [0.717, 1.165) is 0 Å². The fraction of sp³-hybridized carbons (Fsp3) is 0.250. The average molecular weight is 383 g/mol. The van der Waals surface area contributed by atoms with Crippen LogP contribution in [-0.2, 0) is 14.3 Å². The number of nitrogens with zero attached hydrogens (tertiary/aromatic N) is 1. The molecule has 8 heteroatoms. The van der Waals surface area contributed by atoms with Crippen molar-refractivity contribution in [2.75, 3.05) is 35.2 Å². The fourth-order valence-electron chi connectivity index (χ4n) is 2.93. The molecule has 146 valence electrons. The largest absolute Gasteiger partial charge is 0.449 e. The van der Waals surface area contributed by atoms with Gasteiger partial charge in [-0.2, -0.15) is 0 Å². The fourth-order valence-corrected chi connectivity index (χ4v) is 2.93. The lowest BCUT2D eigenvalue weighted by Gasteiger charge is -2.30.